The second-order valence-electron chi connectivity index (χ2n) is 5.87. The smallest absolute Gasteiger partial charge is 0.243 e. The van der Waals surface area contributed by atoms with E-state index in [1.807, 2.05) is 0 Å². The third-order valence-corrected chi connectivity index (χ3v) is 5.87. The number of nitrogens with zero attached hydrogens (tertiary/aromatic N) is 1. The van der Waals surface area contributed by atoms with Gasteiger partial charge in [0.15, 0.2) is 0 Å². The third kappa shape index (κ3) is 6.24. The lowest BCUT2D eigenvalue weighted by molar-refractivity contribution is -0.125. The molecule has 1 aliphatic heterocycles. The molecule has 1 aliphatic rings. The van der Waals surface area contributed by atoms with Crippen molar-refractivity contribution >= 4 is 34.2 Å². The van der Waals surface area contributed by atoms with Gasteiger partial charge in [-0.3, -0.25) is 9.59 Å². The van der Waals surface area contributed by atoms with E-state index in [1.165, 1.54) is 4.31 Å². The lowest BCUT2D eigenvalue weighted by Gasteiger charge is -2.26. The average Bonchev–Trinajstić information content (AvgIpc) is 2.65. The van der Waals surface area contributed by atoms with Gasteiger partial charge in [0, 0.05) is 19.6 Å². The van der Waals surface area contributed by atoms with Gasteiger partial charge in [-0.25, -0.2) is 8.42 Å². The molecule has 0 radical (unpaired) electrons. The second kappa shape index (κ2) is 10.5. The Balaban J connectivity index is 0.00000338. The Labute approximate surface area is 160 Å². The molecule has 0 atom stereocenters. The molecule has 26 heavy (non-hydrogen) atoms. The highest BCUT2D eigenvalue weighted by Crippen LogP contribution is 2.21. The van der Waals surface area contributed by atoms with Crippen LogP contribution in [0, 0.1) is 0 Å². The van der Waals surface area contributed by atoms with Crippen LogP contribution in [0.15, 0.2) is 29.2 Å². The summed E-state index contributed by atoms with van der Waals surface area (Å²) in [4.78, 5) is 22.9. The number of amides is 2. The fourth-order valence-corrected chi connectivity index (χ4v) is 4.17. The highest BCUT2D eigenvalue weighted by Gasteiger charge is 2.25. The van der Waals surface area contributed by atoms with Gasteiger partial charge in [-0.05, 0) is 30.5 Å². The van der Waals surface area contributed by atoms with Gasteiger partial charge in [-0.1, -0.05) is 18.6 Å². The van der Waals surface area contributed by atoms with Gasteiger partial charge < -0.3 is 16.4 Å². The fourth-order valence-electron chi connectivity index (χ4n) is 2.58. The molecular formula is C16H25ClN4O4S. The number of rotatable bonds is 7. The molecule has 10 heteroatoms. The molecule has 0 aliphatic carbocycles. The van der Waals surface area contributed by atoms with Crippen molar-refractivity contribution in [1.82, 2.24) is 14.9 Å². The zero-order valence-electron chi connectivity index (χ0n) is 14.4. The minimum absolute atomic E-state index is 0. The number of nitrogens with one attached hydrogen (secondary N) is 2. The van der Waals surface area contributed by atoms with E-state index in [2.05, 4.69) is 10.6 Å². The van der Waals surface area contributed by atoms with Crippen molar-refractivity contribution in [2.75, 3.05) is 26.2 Å². The Hall–Kier alpha value is -1.68. The second-order valence-corrected chi connectivity index (χ2v) is 7.81. The lowest BCUT2D eigenvalue weighted by Crippen LogP contribution is -2.39. The standard InChI is InChI=1S/C16H24N4O4S.ClH/c17-10-15(21)19-12-16(22)18-11-13-5-4-6-14(9-13)25(23,24)20-7-2-1-3-8-20;/h4-6,9H,1-3,7-8,10-12,17H2,(H,18,22)(H,19,21);1H. The molecule has 1 saturated heterocycles. The van der Waals surface area contributed by atoms with E-state index >= 15 is 0 Å². The number of halogens is 1. The first-order valence-corrected chi connectivity index (χ1v) is 9.70. The van der Waals surface area contributed by atoms with Crippen LogP contribution in [0.2, 0.25) is 0 Å². The van der Waals surface area contributed by atoms with Crippen LogP contribution in [0.1, 0.15) is 24.8 Å². The summed E-state index contributed by atoms with van der Waals surface area (Å²) < 4.78 is 26.8. The van der Waals surface area contributed by atoms with Crippen LogP contribution in [0.4, 0.5) is 0 Å². The summed E-state index contributed by atoms with van der Waals surface area (Å²) in [5, 5.41) is 5.00. The van der Waals surface area contributed by atoms with E-state index in [4.69, 9.17) is 5.73 Å². The van der Waals surface area contributed by atoms with Crippen molar-refractivity contribution in [3.8, 4) is 0 Å². The zero-order chi connectivity index (χ0) is 18.3. The van der Waals surface area contributed by atoms with E-state index in [9.17, 15) is 18.0 Å². The van der Waals surface area contributed by atoms with Crippen LogP contribution in [0.25, 0.3) is 0 Å². The number of nitrogens with two attached hydrogens (primary N) is 1. The summed E-state index contributed by atoms with van der Waals surface area (Å²) in [5.41, 5.74) is 5.81. The maximum Gasteiger partial charge on any atom is 0.243 e. The highest BCUT2D eigenvalue weighted by atomic mass is 35.5. The van der Waals surface area contributed by atoms with Gasteiger partial charge in [0.1, 0.15) is 0 Å². The molecule has 1 heterocycles. The Bertz CT molecular complexity index is 721. The van der Waals surface area contributed by atoms with Gasteiger partial charge in [-0.15, -0.1) is 12.4 Å². The minimum Gasteiger partial charge on any atom is -0.350 e. The first-order chi connectivity index (χ1) is 11.9. The van der Waals surface area contributed by atoms with Crippen molar-refractivity contribution in [2.24, 2.45) is 5.73 Å². The molecular weight excluding hydrogens is 380 g/mol. The number of piperidine rings is 1. The predicted octanol–water partition coefficient (Wildman–Crippen LogP) is -0.0259. The largest absolute Gasteiger partial charge is 0.350 e. The van der Waals surface area contributed by atoms with Gasteiger partial charge in [-0.2, -0.15) is 4.31 Å². The highest BCUT2D eigenvalue weighted by molar-refractivity contribution is 7.89. The van der Waals surface area contributed by atoms with Crippen LogP contribution >= 0.6 is 12.4 Å². The predicted molar refractivity (Wildman–Crippen MR) is 100 cm³/mol. The molecule has 0 aromatic heterocycles. The maximum absolute atomic E-state index is 12.7. The summed E-state index contributed by atoms with van der Waals surface area (Å²) >= 11 is 0. The molecule has 8 nitrogen and oxygen atoms in total. The molecule has 2 rings (SSSR count). The number of hydrogen-bond acceptors (Lipinski definition) is 5. The van der Waals surface area contributed by atoms with Gasteiger partial charge >= 0.3 is 0 Å². The first kappa shape index (κ1) is 22.4. The SMILES string of the molecule is Cl.NCC(=O)NCC(=O)NCc1cccc(S(=O)(=O)N2CCCCC2)c1. The van der Waals surface area contributed by atoms with E-state index in [0.717, 1.165) is 19.3 Å². The van der Waals surface area contributed by atoms with Gasteiger partial charge in [0.2, 0.25) is 21.8 Å². The summed E-state index contributed by atoms with van der Waals surface area (Å²) in [6, 6.07) is 6.54. The first-order valence-electron chi connectivity index (χ1n) is 8.26. The van der Waals surface area contributed by atoms with Gasteiger partial charge in [0.25, 0.3) is 0 Å². The molecule has 2 amide bonds. The molecule has 0 unspecified atom stereocenters. The van der Waals surface area contributed by atoms with Gasteiger partial charge in [0.05, 0.1) is 18.0 Å². The van der Waals surface area contributed by atoms with E-state index < -0.39 is 15.9 Å². The molecule has 0 bridgehead atoms. The van der Waals surface area contributed by atoms with Crippen molar-refractivity contribution in [3.05, 3.63) is 29.8 Å². The van der Waals surface area contributed by atoms with Crippen LogP contribution in [-0.2, 0) is 26.2 Å². The van der Waals surface area contributed by atoms with Crippen molar-refractivity contribution in [1.29, 1.82) is 0 Å². The van der Waals surface area contributed by atoms with Crippen LogP contribution < -0.4 is 16.4 Å². The fraction of sp³-hybridized carbons (Fsp3) is 0.500. The molecule has 4 N–H and O–H groups in total. The van der Waals surface area contributed by atoms with Crippen LogP contribution in [-0.4, -0.2) is 50.7 Å². The summed E-state index contributed by atoms with van der Waals surface area (Å²) in [7, 11) is -3.50. The summed E-state index contributed by atoms with van der Waals surface area (Å²) in [6.07, 6.45) is 2.81. The van der Waals surface area contributed by atoms with E-state index in [0.29, 0.717) is 18.7 Å². The van der Waals surface area contributed by atoms with E-state index in [1.54, 1.807) is 24.3 Å². The van der Waals surface area contributed by atoms with Crippen LogP contribution in [0.3, 0.4) is 0 Å². The topological polar surface area (TPSA) is 122 Å². The Kier molecular flexibility index (Phi) is 9.00. The number of carbonyl (C=O) groups is 2. The normalized spacial score (nSPS) is 15.0. The number of sulfonamides is 1. The number of benzene rings is 1. The Morgan fingerprint density at radius 3 is 2.42 bits per heavy atom. The monoisotopic (exact) mass is 404 g/mol. The quantitative estimate of drug-likeness (QED) is 0.589. The average molecular weight is 405 g/mol. The molecule has 0 spiro atoms. The molecule has 1 fully saturated rings. The van der Waals surface area contributed by atoms with Crippen molar-refractivity contribution in [3.63, 3.8) is 0 Å². The lowest BCUT2D eigenvalue weighted by atomic mass is 10.2. The number of hydrogen-bond donors (Lipinski definition) is 3. The molecule has 0 saturated carbocycles. The van der Waals surface area contributed by atoms with Crippen molar-refractivity contribution < 1.29 is 18.0 Å². The van der Waals surface area contributed by atoms with Crippen LogP contribution in [0.5, 0.6) is 0 Å². The van der Waals surface area contributed by atoms with E-state index in [-0.39, 0.29) is 42.8 Å². The maximum atomic E-state index is 12.7. The minimum atomic E-state index is -3.50. The molecule has 1 aromatic rings. The zero-order valence-corrected chi connectivity index (χ0v) is 16.1. The molecule has 1 aromatic carbocycles. The molecule has 146 valence electrons. The summed E-state index contributed by atoms with van der Waals surface area (Å²) in [5.74, 6) is -0.782. The third-order valence-electron chi connectivity index (χ3n) is 3.97. The number of carbonyl (C=O) groups excluding carboxylic acids is 2. The summed E-state index contributed by atoms with van der Waals surface area (Å²) in [6.45, 7) is 0.931. The van der Waals surface area contributed by atoms with Crippen molar-refractivity contribution in [2.45, 2.75) is 30.7 Å². The Morgan fingerprint density at radius 1 is 1.08 bits per heavy atom. The Morgan fingerprint density at radius 2 is 1.77 bits per heavy atom.